The highest BCUT2D eigenvalue weighted by Gasteiger charge is 2.37. The molecule has 0 saturated carbocycles. The minimum absolute atomic E-state index is 0.163. The maximum Gasteiger partial charge on any atom is 0.293 e. The lowest BCUT2D eigenvalue weighted by atomic mass is 9.78. The van der Waals surface area contributed by atoms with E-state index in [1.807, 2.05) is 67.5 Å². The quantitative estimate of drug-likeness (QED) is 0.700. The maximum absolute atomic E-state index is 12.6. The van der Waals surface area contributed by atoms with E-state index in [1.165, 1.54) is 4.90 Å². The number of nitrogens with zero attached hydrogens (tertiary/aromatic N) is 1. The summed E-state index contributed by atoms with van der Waals surface area (Å²) in [5.41, 5.74) is 2.00. The number of phenolic OH excluding ortho intramolecular Hbond substituents is 1. The van der Waals surface area contributed by atoms with Crippen LogP contribution in [0.15, 0.2) is 17.0 Å². The predicted molar refractivity (Wildman–Crippen MR) is 108 cm³/mol. The lowest BCUT2D eigenvalue weighted by Gasteiger charge is -2.28. The van der Waals surface area contributed by atoms with Gasteiger partial charge < -0.3 is 5.11 Å². The Morgan fingerprint density at radius 1 is 1.00 bits per heavy atom. The van der Waals surface area contributed by atoms with Gasteiger partial charge in [0.25, 0.3) is 11.1 Å². The molecule has 1 aliphatic heterocycles. The van der Waals surface area contributed by atoms with Crippen LogP contribution in [0.3, 0.4) is 0 Å². The van der Waals surface area contributed by atoms with Gasteiger partial charge in [0, 0.05) is 17.2 Å². The zero-order valence-corrected chi connectivity index (χ0v) is 17.7. The Labute approximate surface area is 160 Å². The molecule has 1 aliphatic rings. The molecule has 1 heterocycles. The average molecular weight is 376 g/mol. The Morgan fingerprint density at radius 3 is 1.81 bits per heavy atom. The summed E-state index contributed by atoms with van der Waals surface area (Å²) in [6.07, 6.45) is 1.76. The van der Waals surface area contributed by atoms with E-state index >= 15 is 0 Å². The Kier molecular flexibility index (Phi) is 5.35. The molecule has 142 valence electrons. The van der Waals surface area contributed by atoms with Gasteiger partial charge in [0.15, 0.2) is 0 Å². The van der Waals surface area contributed by atoms with E-state index in [0.717, 1.165) is 28.5 Å². The van der Waals surface area contributed by atoms with Gasteiger partial charge in [-0.05, 0) is 60.2 Å². The second-order valence-electron chi connectivity index (χ2n) is 9.11. The molecule has 1 aromatic rings. The van der Waals surface area contributed by atoms with Crippen molar-refractivity contribution in [1.29, 1.82) is 0 Å². The predicted octanol–water partition coefficient (Wildman–Crippen LogP) is 5.43. The minimum Gasteiger partial charge on any atom is -0.507 e. The van der Waals surface area contributed by atoms with Gasteiger partial charge in [0.05, 0.1) is 4.91 Å². The minimum atomic E-state index is -0.252. The van der Waals surface area contributed by atoms with Crippen molar-refractivity contribution in [2.24, 2.45) is 0 Å². The molecule has 0 spiro atoms. The van der Waals surface area contributed by atoms with Crippen LogP contribution in [0.4, 0.5) is 4.79 Å². The van der Waals surface area contributed by atoms with Crippen LogP contribution in [0.25, 0.3) is 6.08 Å². The highest BCUT2D eigenvalue weighted by atomic mass is 32.2. The number of amides is 2. The van der Waals surface area contributed by atoms with Crippen LogP contribution in [0.1, 0.15) is 72.1 Å². The first-order chi connectivity index (χ1) is 11.7. The zero-order chi connectivity index (χ0) is 20.0. The summed E-state index contributed by atoms with van der Waals surface area (Å²) in [7, 11) is 0. The van der Waals surface area contributed by atoms with Gasteiger partial charge in [0.2, 0.25) is 0 Å². The number of carbonyl (C=O) groups is 2. The molecule has 2 amide bonds. The number of imide groups is 1. The first kappa shape index (κ1) is 20.6. The fraction of sp³-hybridized carbons (Fsp3) is 0.524. The van der Waals surface area contributed by atoms with E-state index in [4.69, 9.17) is 0 Å². The SMILES string of the molecule is CC(C)N1C(=O)S/C(=C\c2cc(C(C)(C)C)c(O)c(C(C)(C)C)c2)C1=O. The van der Waals surface area contributed by atoms with Gasteiger partial charge >= 0.3 is 0 Å². The smallest absolute Gasteiger partial charge is 0.293 e. The molecule has 2 rings (SSSR count). The Balaban J connectivity index is 2.61. The van der Waals surface area contributed by atoms with Crippen LogP contribution in [0.2, 0.25) is 0 Å². The first-order valence-corrected chi connectivity index (χ1v) is 9.70. The number of carbonyl (C=O) groups excluding carboxylic acids is 2. The molecule has 4 nitrogen and oxygen atoms in total. The molecule has 0 bridgehead atoms. The van der Waals surface area contributed by atoms with Crippen LogP contribution in [0, 0.1) is 0 Å². The molecule has 0 atom stereocenters. The van der Waals surface area contributed by atoms with E-state index in [-0.39, 0.29) is 28.0 Å². The summed E-state index contributed by atoms with van der Waals surface area (Å²) in [5, 5.41) is 10.6. The van der Waals surface area contributed by atoms with Gasteiger partial charge in [-0.15, -0.1) is 0 Å². The monoisotopic (exact) mass is 375 g/mol. The van der Waals surface area contributed by atoms with Crippen molar-refractivity contribution in [2.45, 2.75) is 72.3 Å². The fourth-order valence-corrected chi connectivity index (χ4v) is 3.92. The summed E-state index contributed by atoms with van der Waals surface area (Å²) >= 11 is 0.972. The fourth-order valence-electron chi connectivity index (χ4n) is 2.96. The summed E-state index contributed by atoms with van der Waals surface area (Å²) in [6, 6.07) is 3.66. The van der Waals surface area contributed by atoms with Gasteiger partial charge in [-0.2, -0.15) is 0 Å². The highest BCUT2D eigenvalue weighted by Crippen LogP contribution is 2.41. The third-order valence-corrected chi connectivity index (χ3v) is 5.27. The van der Waals surface area contributed by atoms with Crippen molar-refractivity contribution >= 4 is 29.0 Å². The van der Waals surface area contributed by atoms with Gasteiger partial charge in [-0.25, -0.2) is 0 Å². The Hall–Kier alpha value is -1.75. The second kappa shape index (κ2) is 6.76. The molecule has 1 N–H and O–H groups in total. The molecule has 0 aromatic heterocycles. The highest BCUT2D eigenvalue weighted by molar-refractivity contribution is 8.18. The topological polar surface area (TPSA) is 57.6 Å². The maximum atomic E-state index is 12.6. The van der Waals surface area contributed by atoms with Gasteiger partial charge in [-0.3, -0.25) is 14.5 Å². The normalized spacial score (nSPS) is 17.7. The molecule has 1 fully saturated rings. The van der Waals surface area contributed by atoms with Crippen LogP contribution >= 0.6 is 11.8 Å². The van der Waals surface area contributed by atoms with E-state index < -0.39 is 0 Å². The van der Waals surface area contributed by atoms with Crippen LogP contribution in [-0.4, -0.2) is 27.2 Å². The molecule has 26 heavy (non-hydrogen) atoms. The number of phenols is 1. The summed E-state index contributed by atoms with van der Waals surface area (Å²) < 4.78 is 0. The third-order valence-electron chi connectivity index (χ3n) is 4.39. The van der Waals surface area contributed by atoms with Crippen molar-refractivity contribution in [3.8, 4) is 5.75 Å². The number of rotatable bonds is 2. The first-order valence-electron chi connectivity index (χ1n) is 8.88. The number of aromatic hydroxyl groups is 1. The van der Waals surface area contributed by atoms with Crippen molar-refractivity contribution in [2.75, 3.05) is 0 Å². The third kappa shape index (κ3) is 3.98. The van der Waals surface area contributed by atoms with Crippen molar-refractivity contribution < 1.29 is 14.7 Å². The number of hydrogen-bond donors (Lipinski definition) is 1. The molecule has 0 unspecified atom stereocenters. The van der Waals surface area contributed by atoms with E-state index in [0.29, 0.717) is 10.7 Å². The lowest BCUT2D eigenvalue weighted by molar-refractivity contribution is -0.123. The standard InChI is InChI=1S/C21H29NO3S/c1-12(2)22-18(24)16(26-19(22)25)11-13-9-14(20(3,4)5)17(23)15(10-13)21(6,7)8/h9-12,23H,1-8H3/b16-11-. The largest absolute Gasteiger partial charge is 0.507 e. The van der Waals surface area contributed by atoms with E-state index in [2.05, 4.69) is 0 Å². The van der Waals surface area contributed by atoms with Crippen LogP contribution in [0.5, 0.6) is 5.75 Å². The van der Waals surface area contributed by atoms with E-state index in [9.17, 15) is 14.7 Å². The van der Waals surface area contributed by atoms with Crippen molar-refractivity contribution in [3.63, 3.8) is 0 Å². The molecule has 5 heteroatoms. The summed E-state index contributed by atoms with van der Waals surface area (Å²) in [5.74, 6) is 0.0510. The summed E-state index contributed by atoms with van der Waals surface area (Å²) in [6.45, 7) is 15.9. The molecule has 0 aliphatic carbocycles. The Bertz CT molecular complexity index is 744. The average Bonchev–Trinajstić information content (AvgIpc) is 2.72. The van der Waals surface area contributed by atoms with Gasteiger partial charge in [-0.1, -0.05) is 41.5 Å². The van der Waals surface area contributed by atoms with E-state index in [1.54, 1.807) is 6.08 Å². The zero-order valence-electron chi connectivity index (χ0n) is 16.9. The van der Waals surface area contributed by atoms with Gasteiger partial charge in [0.1, 0.15) is 5.75 Å². The number of benzene rings is 1. The van der Waals surface area contributed by atoms with Crippen molar-refractivity contribution in [1.82, 2.24) is 4.90 Å². The molecule has 1 aromatic carbocycles. The van der Waals surface area contributed by atoms with Crippen LogP contribution < -0.4 is 0 Å². The second-order valence-corrected chi connectivity index (χ2v) is 10.1. The number of hydrogen-bond acceptors (Lipinski definition) is 4. The Morgan fingerprint density at radius 2 is 1.46 bits per heavy atom. The van der Waals surface area contributed by atoms with Crippen molar-refractivity contribution in [3.05, 3.63) is 33.7 Å². The molecule has 1 saturated heterocycles. The van der Waals surface area contributed by atoms with Crippen LogP contribution in [-0.2, 0) is 15.6 Å². The summed E-state index contributed by atoms with van der Waals surface area (Å²) in [4.78, 5) is 26.4. The lowest BCUT2D eigenvalue weighted by Crippen LogP contribution is -2.34. The molecular formula is C21H29NO3S. The molecular weight excluding hydrogens is 346 g/mol. The molecule has 0 radical (unpaired) electrons. The number of thioether (sulfide) groups is 1.